The Morgan fingerprint density at radius 3 is 2.46 bits per heavy atom. The number of rotatable bonds is 5. The number of fused-ring (bicyclic) bond motifs is 5. The zero-order valence-electron chi connectivity index (χ0n) is 18.7. The van der Waals surface area contributed by atoms with Crippen LogP contribution in [0.3, 0.4) is 0 Å². The summed E-state index contributed by atoms with van der Waals surface area (Å²) in [5.41, 5.74) is 4.76. The second-order valence-corrected chi connectivity index (χ2v) is 8.59. The Morgan fingerprint density at radius 2 is 1.69 bits per heavy atom. The average Bonchev–Trinajstić information content (AvgIpc) is 3.22. The van der Waals surface area contributed by atoms with Crippen molar-refractivity contribution in [3.8, 4) is 17.3 Å². The van der Waals surface area contributed by atoms with Crippen molar-refractivity contribution in [3.05, 3.63) is 118 Å². The largest absolute Gasteiger partial charge is 0.508 e. The number of hydrogen-bond donors (Lipinski definition) is 3. The number of imidazole rings is 1. The van der Waals surface area contributed by atoms with Crippen LogP contribution in [-0.2, 0) is 12.8 Å². The van der Waals surface area contributed by atoms with Crippen LogP contribution in [0.4, 0.5) is 0 Å². The van der Waals surface area contributed by atoms with Gasteiger partial charge in [-0.05, 0) is 52.9 Å². The molecule has 4 N–H and O–H groups in total. The summed E-state index contributed by atoms with van der Waals surface area (Å²) in [6.45, 7) is 0. The topological polar surface area (TPSA) is 106 Å². The Balaban J connectivity index is 1.60. The van der Waals surface area contributed by atoms with E-state index in [1.54, 1.807) is 34.9 Å². The smallest absolute Gasteiger partial charge is 0.278 e. The van der Waals surface area contributed by atoms with Gasteiger partial charge in [0.15, 0.2) is 5.82 Å². The van der Waals surface area contributed by atoms with E-state index < -0.39 is 0 Å². The SMILES string of the molecule is NOc1ccc2c(ccc3c2[nH]c(Cc2ccccc2)c2nc(Cc4ccc(O)cc4)c(=O)n3-2)c1. The molecule has 2 aliphatic heterocycles. The van der Waals surface area contributed by atoms with Crippen LogP contribution < -0.4 is 16.3 Å². The van der Waals surface area contributed by atoms with E-state index >= 15 is 0 Å². The summed E-state index contributed by atoms with van der Waals surface area (Å²) in [5, 5.41) is 11.5. The highest BCUT2D eigenvalue weighted by molar-refractivity contribution is 6.05. The number of phenolic OH excluding ortho intramolecular Hbond substituents is 1. The summed E-state index contributed by atoms with van der Waals surface area (Å²) in [6.07, 6.45) is 0.966. The summed E-state index contributed by atoms with van der Waals surface area (Å²) in [7, 11) is 0. The minimum absolute atomic E-state index is 0.150. The van der Waals surface area contributed by atoms with Crippen molar-refractivity contribution in [1.29, 1.82) is 0 Å². The molecule has 0 amide bonds. The Kier molecular flexibility index (Phi) is 4.97. The number of aromatic nitrogens is 3. The van der Waals surface area contributed by atoms with Gasteiger partial charge in [-0.2, -0.15) is 5.90 Å². The molecule has 0 radical (unpaired) electrons. The van der Waals surface area contributed by atoms with Crippen LogP contribution in [-0.4, -0.2) is 19.6 Å². The molecular formula is C28H22N4O3. The highest BCUT2D eigenvalue weighted by Crippen LogP contribution is 2.30. The summed E-state index contributed by atoms with van der Waals surface area (Å²) in [4.78, 5) is 26.9. The molecule has 0 atom stereocenters. The molecule has 35 heavy (non-hydrogen) atoms. The van der Waals surface area contributed by atoms with Crippen molar-refractivity contribution >= 4 is 21.8 Å². The number of nitrogens with zero attached hydrogens (tertiary/aromatic N) is 2. The van der Waals surface area contributed by atoms with Crippen LogP contribution in [0.2, 0.25) is 0 Å². The molecular weight excluding hydrogens is 440 g/mol. The number of aromatic amines is 1. The van der Waals surface area contributed by atoms with Crippen LogP contribution in [0.5, 0.6) is 11.5 Å². The summed E-state index contributed by atoms with van der Waals surface area (Å²) >= 11 is 0. The third kappa shape index (κ3) is 3.68. The number of aromatic hydroxyl groups is 1. The molecule has 4 aromatic carbocycles. The lowest BCUT2D eigenvalue weighted by Gasteiger charge is -2.15. The number of H-pyrrole nitrogens is 1. The molecule has 0 saturated carbocycles. The molecule has 2 heterocycles. The van der Waals surface area contributed by atoms with Crippen LogP contribution >= 0.6 is 0 Å². The summed E-state index contributed by atoms with van der Waals surface area (Å²) in [5.74, 6) is 6.72. The summed E-state index contributed by atoms with van der Waals surface area (Å²) in [6, 6.07) is 26.4. The van der Waals surface area contributed by atoms with Crippen molar-refractivity contribution in [2.45, 2.75) is 12.8 Å². The van der Waals surface area contributed by atoms with Gasteiger partial charge in [-0.1, -0.05) is 48.5 Å². The van der Waals surface area contributed by atoms with Crippen LogP contribution in [0.1, 0.15) is 22.5 Å². The van der Waals surface area contributed by atoms with E-state index in [2.05, 4.69) is 17.1 Å². The number of hydrogen-bond acceptors (Lipinski definition) is 5. The zero-order valence-corrected chi connectivity index (χ0v) is 18.7. The standard InChI is InChI=1S/C28H22N4O3/c29-35-21-11-12-22-19(16-21)8-13-25-26(22)30-23(14-17-4-2-1-3-5-17)27-31-24(28(34)32(25)27)15-18-6-9-20(33)10-7-18/h1-13,16,30,33H,14-15,29H2. The molecule has 2 aliphatic rings. The molecule has 7 nitrogen and oxygen atoms in total. The zero-order chi connectivity index (χ0) is 23.9. The first-order valence-electron chi connectivity index (χ1n) is 11.3. The van der Waals surface area contributed by atoms with Gasteiger partial charge in [-0.15, -0.1) is 0 Å². The lowest BCUT2D eigenvalue weighted by atomic mass is 10.1. The maximum atomic E-state index is 13.7. The second-order valence-electron chi connectivity index (χ2n) is 8.59. The fraction of sp³-hybridized carbons (Fsp3) is 0.0714. The first-order chi connectivity index (χ1) is 17.1. The van der Waals surface area contributed by atoms with Crippen molar-refractivity contribution in [3.63, 3.8) is 0 Å². The van der Waals surface area contributed by atoms with Crippen LogP contribution in [0.25, 0.3) is 27.6 Å². The van der Waals surface area contributed by atoms with E-state index in [0.29, 0.717) is 30.1 Å². The van der Waals surface area contributed by atoms with Crippen molar-refractivity contribution in [2.75, 3.05) is 0 Å². The maximum absolute atomic E-state index is 13.7. The Bertz CT molecular complexity index is 1700. The molecule has 7 heteroatoms. The van der Waals surface area contributed by atoms with E-state index in [0.717, 1.165) is 38.6 Å². The lowest BCUT2D eigenvalue weighted by molar-refractivity contribution is 0.335. The molecule has 172 valence electrons. The predicted octanol–water partition coefficient (Wildman–Crippen LogP) is 4.44. The van der Waals surface area contributed by atoms with E-state index in [4.69, 9.17) is 15.7 Å². The van der Waals surface area contributed by atoms with Gasteiger partial charge in [0.1, 0.15) is 17.2 Å². The first-order valence-corrected chi connectivity index (χ1v) is 11.3. The second kappa shape index (κ2) is 8.30. The number of benzene rings is 4. The fourth-order valence-corrected chi connectivity index (χ4v) is 4.62. The molecule has 6 rings (SSSR count). The Labute approximate surface area is 200 Å². The number of nitrogens with two attached hydrogens (primary N) is 1. The maximum Gasteiger partial charge on any atom is 0.278 e. The third-order valence-corrected chi connectivity index (χ3v) is 6.33. The van der Waals surface area contributed by atoms with Crippen LogP contribution in [0.15, 0.2) is 89.7 Å². The first kappa shape index (κ1) is 20.9. The minimum atomic E-state index is -0.150. The highest BCUT2D eigenvalue weighted by Gasteiger charge is 2.22. The Hall–Kier alpha value is -4.62. The molecule has 0 fully saturated rings. The van der Waals surface area contributed by atoms with Gasteiger partial charge >= 0.3 is 0 Å². The number of phenols is 1. The molecule has 4 aromatic rings. The van der Waals surface area contributed by atoms with E-state index in [1.165, 1.54) is 0 Å². The molecule has 0 aliphatic carbocycles. The van der Waals surface area contributed by atoms with Gasteiger partial charge in [-0.25, -0.2) is 4.98 Å². The van der Waals surface area contributed by atoms with Gasteiger partial charge in [-0.3, -0.25) is 9.36 Å². The van der Waals surface area contributed by atoms with E-state index in [1.807, 2.05) is 42.5 Å². The molecule has 0 bridgehead atoms. The van der Waals surface area contributed by atoms with Gasteiger partial charge in [0, 0.05) is 18.2 Å². The van der Waals surface area contributed by atoms with E-state index in [9.17, 15) is 9.90 Å². The quantitative estimate of drug-likeness (QED) is 0.259. The normalized spacial score (nSPS) is 11.5. The predicted molar refractivity (Wildman–Crippen MR) is 135 cm³/mol. The van der Waals surface area contributed by atoms with Gasteiger partial charge < -0.3 is 14.9 Å². The lowest BCUT2D eigenvalue weighted by Crippen LogP contribution is -2.18. The molecule has 0 unspecified atom stereocenters. The van der Waals surface area contributed by atoms with Crippen LogP contribution in [0, 0.1) is 0 Å². The third-order valence-electron chi connectivity index (χ3n) is 6.33. The van der Waals surface area contributed by atoms with Crippen molar-refractivity contribution < 1.29 is 9.94 Å². The van der Waals surface area contributed by atoms with Gasteiger partial charge in [0.25, 0.3) is 5.56 Å². The minimum Gasteiger partial charge on any atom is -0.508 e. The molecule has 0 aromatic heterocycles. The molecule has 0 saturated heterocycles. The fourth-order valence-electron chi connectivity index (χ4n) is 4.62. The van der Waals surface area contributed by atoms with Crippen molar-refractivity contribution in [2.24, 2.45) is 5.90 Å². The van der Waals surface area contributed by atoms with Gasteiger partial charge in [0.05, 0.1) is 16.7 Å². The molecule has 0 spiro atoms. The average molecular weight is 463 g/mol. The van der Waals surface area contributed by atoms with E-state index in [-0.39, 0.29) is 11.3 Å². The monoisotopic (exact) mass is 462 g/mol. The number of nitrogens with one attached hydrogen (secondary N) is 1. The van der Waals surface area contributed by atoms with Gasteiger partial charge in [0.2, 0.25) is 0 Å². The highest BCUT2D eigenvalue weighted by atomic mass is 16.6. The van der Waals surface area contributed by atoms with Crippen molar-refractivity contribution in [1.82, 2.24) is 14.5 Å². The Morgan fingerprint density at radius 1 is 0.914 bits per heavy atom. The summed E-state index contributed by atoms with van der Waals surface area (Å²) < 4.78 is 1.70.